The Kier molecular flexibility index (Phi) is 6.93. The summed E-state index contributed by atoms with van der Waals surface area (Å²) in [7, 11) is 5.46. The molecule has 0 atom stereocenters. The van der Waals surface area contributed by atoms with Gasteiger partial charge in [-0.25, -0.2) is 5.43 Å². The van der Waals surface area contributed by atoms with E-state index in [2.05, 4.69) is 15.8 Å². The fourth-order valence-electron chi connectivity index (χ4n) is 2.27. The molecule has 2 aromatic rings. The molecule has 2 N–H and O–H groups in total. The summed E-state index contributed by atoms with van der Waals surface area (Å²) in [5.74, 6) is 0.116. The van der Waals surface area contributed by atoms with Gasteiger partial charge in [0.15, 0.2) is 0 Å². The Morgan fingerprint density at radius 3 is 2.22 bits per heavy atom. The lowest BCUT2D eigenvalue weighted by Gasteiger charge is -2.13. The van der Waals surface area contributed by atoms with Gasteiger partial charge < -0.3 is 15.0 Å². The topological polar surface area (TPSA) is 83.0 Å². The Balaban J connectivity index is 1.86. The van der Waals surface area contributed by atoms with Crippen molar-refractivity contribution >= 4 is 28.9 Å². The van der Waals surface area contributed by atoms with Gasteiger partial charge in [-0.05, 0) is 55.5 Å². The smallest absolute Gasteiger partial charge is 0.271 e. The van der Waals surface area contributed by atoms with Gasteiger partial charge in [0.25, 0.3) is 5.91 Å². The third kappa shape index (κ3) is 6.14. The van der Waals surface area contributed by atoms with E-state index in [1.54, 1.807) is 38.3 Å². The normalized spacial score (nSPS) is 10.9. The Labute approximate surface area is 159 Å². The first-order valence-electron chi connectivity index (χ1n) is 8.44. The molecule has 0 aliphatic rings. The van der Waals surface area contributed by atoms with Crippen LogP contribution in [0.1, 0.15) is 23.7 Å². The molecule has 0 radical (unpaired) electrons. The maximum atomic E-state index is 12.1. The molecule has 142 valence electrons. The number of hydrazone groups is 1. The van der Waals surface area contributed by atoms with Crippen LogP contribution in [-0.2, 0) is 4.79 Å². The Morgan fingerprint density at radius 2 is 1.67 bits per heavy atom. The lowest BCUT2D eigenvalue weighted by atomic mass is 10.2. The van der Waals surface area contributed by atoms with Gasteiger partial charge in [-0.1, -0.05) is 0 Å². The van der Waals surface area contributed by atoms with E-state index >= 15 is 0 Å². The standard InChI is InChI=1S/C20H24N4O3/c1-14(22-23-20(26)15-5-11-18(27-4)12-6-15)13-19(25)21-16-7-9-17(10-8-16)24(2)3/h5-12H,13H2,1-4H3,(H,21,25)(H,23,26)/b22-14-. The average Bonchev–Trinajstić information content (AvgIpc) is 2.66. The number of nitrogens with one attached hydrogen (secondary N) is 2. The van der Waals surface area contributed by atoms with Gasteiger partial charge in [-0.3, -0.25) is 9.59 Å². The number of carbonyl (C=O) groups is 2. The summed E-state index contributed by atoms with van der Waals surface area (Å²) in [6.07, 6.45) is 0.0817. The lowest BCUT2D eigenvalue weighted by molar-refractivity contribution is -0.115. The molecule has 2 rings (SSSR count). The van der Waals surface area contributed by atoms with Crippen LogP contribution in [0.3, 0.4) is 0 Å². The number of amides is 2. The summed E-state index contributed by atoms with van der Waals surface area (Å²) in [5.41, 5.74) is 5.16. The van der Waals surface area contributed by atoms with Gasteiger partial charge in [0, 0.05) is 36.7 Å². The molecule has 0 bridgehead atoms. The molecule has 27 heavy (non-hydrogen) atoms. The minimum atomic E-state index is -0.350. The van der Waals surface area contributed by atoms with Gasteiger partial charge in [0.2, 0.25) is 5.91 Å². The number of hydrogen-bond donors (Lipinski definition) is 2. The maximum Gasteiger partial charge on any atom is 0.271 e. The third-order valence-corrected chi connectivity index (χ3v) is 3.78. The van der Waals surface area contributed by atoms with Crippen molar-refractivity contribution in [1.82, 2.24) is 5.43 Å². The highest BCUT2D eigenvalue weighted by Gasteiger charge is 2.07. The largest absolute Gasteiger partial charge is 0.497 e. The van der Waals surface area contributed by atoms with E-state index in [-0.39, 0.29) is 18.2 Å². The quantitative estimate of drug-likeness (QED) is 0.581. The summed E-state index contributed by atoms with van der Waals surface area (Å²) in [4.78, 5) is 26.1. The summed E-state index contributed by atoms with van der Waals surface area (Å²) in [5, 5.41) is 6.79. The first kappa shape index (κ1) is 20.0. The second kappa shape index (κ2) is 9.38. The summed E-state index contributed by atoms with van der Waals surface area (Å²) >= 11 is 0. The maximum absolute atomic E-state index is 12.1. The second-order valence-electron chi connectivity index (χ2n) is 6.18. The zero-order chi connectivity index (χ0) is 19.8. The molecule has 7 nitrogen and oxygen atoms in total. The molecule has 0 aliphatic carbocycles. The summed E-state index contributed by atoms with van der Waals surface area (Å²) < 4.78 is 5.05. The van der Waals surface area contributed by atoms with Crippen LogP contribution in [0.15, 0.2) is 53.6 Å². The third-order valence-electron chi connectivity index (χ3n) is 3.78. The number of methoxy groups -OCH3 is 1. The predicted molar refractivity (Wildman–Crippen MR) is 108 cm³/mol. The van der Waals surface area contributed by atoms with E-state index in [4.69, 9.17) is 4.74 Å². The van der Waals surface area contributed by atoms with Crippen molar-refractivity contribution in [3.63, 3.8) is 0 Å². The molecule has 0 heterocycles. The van der Waals surface area contributed by atoms with Gasteiger partial charge in [-0.15, -0.1) is 0 Å². The van der Waals surface area contributed by atoms with Crippen molar-refractivity contribution in [3.05, 3.63) is 54.1 Å². The summed E-state index contributed by atoms with van der Waals surface area (Å²) in [6.45, 7) is 1.68. The number of benzene rings is 2. The summed E-state index contributed by atoms with van der Waals surface area (Å²) in [6, 6.07) is 14.2. The zero-order valence-electron chi connectivity index (χ0n) is 15.9. The molecule has 2 amide bonds. The Bertz CT molecular complexity index is 812. The Morgan fingerprint density at radius 1 is 1.04 bits per heavy atom. The molecule has 0 aromatic heterocycles. The number of ether oxygens (including phenoxy) is 1. The second-order valence-corrected chi connectivity index (χ2v) is 6.18. The highest BCUT2D eigenvalue weighted by Crippen LogP contribution is 2.15. The number of nitrogens with zero attached hydrogens (tertiary/aromatic N) is 2. The molecule has 0 fully saturated rings. The van der Waals surface area contributed by atoms with Crippen LogP contribution >= 0.6 is 0 Å². The molecule has 2 aromatic carbocycles. The highest BCUT2D eigenvalue weighted by atomic mass is 16.5. The van der Waals surface area contributed by atoms with E-state index in [0.29, 0.717) is 22.7 Å². The van der Waals surface area contributed by atoms with Crippen LogP contribution in [-0.4, -0.2) is 38.7 Å². The zero-order valence-corrected chi connectivity index (χ0v) is 15.9. The van der Waals surface area contributed by atoms with Crippen LogP contribution in [0.2, 0.25) is 0 Å². The molecule has 0 saturated carbocycles. The van der Waals surface area contributed by atoms with Crippen molar-refractivity contribution < 1.29 is 14.3 Å². The molecular formula is C20H24N4O3. The Hall–Kier alpha value is -3.35. The number of carbonyl (C=O) groups excluding carboxylic acids is 2. The van der Waals surface area contributed by atoms with E-state index < -0.39 is 0 Å². The minimum Gasteiger partial charge on any atom is -0.497 e. The van der Waals surface area contributed by atoms with Crippen molar-refractivity contribution in [1.29, 1.82) is 0 Å². The fraction of sp³-hybridized carbons (Fsp3) is 0.250. The average molecular weight is 368 g/mol. The van der Waals surface area contributed by atoms with Crippen molar-refractivity contribution in [2.45, 2.75) is 13.3 Å². The number of rotatable bonds is 7. The van der Waals surface area contributed by atoms with E-state index in [0.717, 1.165) is 5.69 Å². The predicted octanol–water partition coefficient (Wildman–Crippen LogP) is 2.90. The van der Waals surface area contributed by atoms with E-state index in [9.17, 15) is 9.59 Å². The molecule has 0 unspecified atom stereocenters. The van der Waals surface area contributed by atoms with Gasteiger partial charge in [0.05, 0.1) is 13.5 Å². The van der Waals surface area contributed by atoms with Gasteiger partial charge in [-0.2, -0.15) is 5.10 Å². The van der Waals surface area contributed by atoms with Crippen molar-refractivity contribution in [3.8, 4) is 5.75 Å². The fourth-order valence-corrected chi connectivity index (χ4v) is 2.27. The SMILES string of the molecule is COc1ccc(C(=O)N/N=C(/C)CC(=O)Nc2ccc(N(C)C)cc2)cc1. The number of hydrogen-bond acceptors (Lipinski definition) is 5. The van der Waals surface area contributed by atoms with Crippen LogP contribution < -0.4 is 20.4 Å². The molecule has 0 spiro atoms. The molecule has 0 saturated heterocycles. The van der Waals surface area contributed by atoms with E-state index in [1.807, 2.05) is 43.3 Å². The van der Waals surface area contributed by atoms with Crippen molar-refractivity contribution in [2.24, 2.45) is 5.10 Å². The van der Waals surface area contributed by atoms with Crippen LogP contribution in [0.5, 0.6) is 5.75 Å². The van der Waals surface area contributed by atoms with Gasteiger partial charge in [0.1, 0.15) is 5.75 Å². The van der Waals surface area contributed by atoms with Crippen LogP contribution in [0, 0.1) is 0 Å². The van der Waals surface area contributed by atoms with E-state index in [1.165, 1.54) is 0 Å². The van der Waals surface area contributed by atoms with Gasteiger partial charge >= 0.3 is 0 Å². The highest BCUT2D eigenvalue weighted by molar-refractivity contribution is 6.06. The minimum absolute atomic E-state index is 0.0817. The molecule has 0 aliphatic heterocycles. The van der Waals surface area contributed by atoms with Crippen LogP contribution in [0.4, 0.5) is 11.4 Å². The lowest BCUT2D eigenvalue weighted by Crippen LogP contribution is -2.21. The molecule has 7 heteroatoms. The number of anilines is 2. The molecular weight excluding hydrogens is 344 g/mol. The van der Waals surface area contributed by atoms with Crippen molar-refractivity contribution in [2.75, 3.05) is 31.4 Å². The monoisotopic (exact) mass is 368 g/mol. The first-order valence-corrected chi connectivity index (χ1v) is 8.44. The van der Waals surface area contributed by atoms with Crippen LogP contribution in [0.25, 0.3) is 0 Å². The first-order chi connectivity index (χ1) is 12.9.